The number of thioether (sulfide) groups is 1. The fourth-order valence-corrected chi connectivity index (χ4v) is 4.25. The van der Waals surface area contributed by atoms with Gasteiger partial charge in [0, 0.05) is 17.1 Å². The highest BCUT2D eigenvalue weighted by Crippen LogP contribution is 2.31. The van der Waals surface area contributed by atoms with Gasteiger partial charge in [0.2, 0.25) is 0 Å². The molecular formula is C19H15Cl2N5OS. The summed E-state index contributed by atoms with van der Waals surface area (Å²) in [5.74, 6) is 1.73. The summed E-state index contributed by atoms with van der Waals surface area (Å²) in [4.78, 5) is 19.6. The number of fused-ring (bicyclic) bond motifs is 1. The highest BCUT2D eigenvalue weighted by molar-refractivity contribution is 7.98. The lowest BCUT2D eigenvalue weighted by molar-refractivity contribution is 0.687. The van der Waals surface area contributed by atoms with E-state index in [4.69, 9.17) is 23.2 Å². The van der Waals surface area contributed by atoms with E-state index in [1.807, 2.05) is 35.8 Å². The Morgan fingerprint density at radius 2 is 1.96 bits per heavy atom. The van der Waals surface area contributed by atoms with Crippen LogP contribution < -0.4 is 5.56 Å². The average Bonchev–Trinajstić information content (AvgIpc) is 3.09. The minimum Gasteiger partial charge on any atom is -0.309 e. The highest BCUT2D eigenvalue weighted by Gasteiger charge is 2.16. The number of aromatic nitrogens is 5. The molecule has 4 aromatic rings. The number of H-pyrrole nitrogens is 1. The van der Waals surface area contributed by atoms with E-state index in [2.05, 4.69) is 20.2 Å². The molecule has 0 unspecified atom stereocenters. The van der Waals surface area contributed by atoms with Crippen LogP contribution in [-0.4, -0.2) is 24.7 Å². The van der Waals surface area contributed by atoms with Crippen LogP contribution in [0.15, 0.2) is 52.4 Å². The Hall–Kier alpha value is -2.35. The van der Waals surface area contributed by atoms with E-state index < -0.39 is 0 Å². The third kappa shape index (κ3) is 3.65. The first-order valence-electron chi connectivity index (χ1n) is 8.56. The van der Waals surface area contributed by atoms with Gasteiger partial charge >= 0.3 is 0 Å². The fraction of sp³-hybridized carbons (Fsp3) is 0.158. The Balaban J connectivity index is 1.63. The van der Waals surface area contributed by atoms with Crippen LogP contribution in [0.2, 0.25) is 10.0 Å². The van der Waals surface area contributed by atoms with Crippen molar-refractivity contribution < 1.29 is 0 Å². The first-order valence-corrected chi connectivity index (χ1v) is 10.3. The lowest BCUT2D eigenvalue weighted by Crippen LogP contribution is -2.11. The Labute approximate surface area is 174 Å². The molecule has 0 atom stereocenters. The molecule has 0 saturated heterocycles. The van der Waals surface area contributed by atoms with Gasteiger partial charge in [-0.2, -0.15) is 0 Å². The molecule has 9 heteroatoms. The zero-order valence-electron chi connectivity index (χ0n) is 14.8. The molecule has 1 N–H and O–H groups in total. The molecule has 0 spiro atoms. The quantitative estimate of drug-likeness (QED) is 0.459. The van der Waals surface area contributed by atoms with Crippen molar-refractivity contribution in [1.29, 1.82) is 0 Å². The summed E-state index contributed by atoms with van der Waals surface area (Å²) in [5.41, 5.74) is 1.30. The van der Waals surface area contributed by atoms with Gasteiger partial charge in [-0.3, -0.25) is 4.79 Å². The van der Waals surface area contributed by atoms with Crippen LogP contribution in [0.4, 0.5) is 0 Å². The molecule has 0 aliphatic carbocycles. The zero-order valence-corrected chi connectivity index (χ0v) is 17.1. The maximum absolute atomic E-state index is 12.2. The topological polar surface area (TPSA) is 76.5 Å². The highest BCUT2D eigenvalue weighted by atomic mass is 35.5. The molecule has 0 fully saturated rings. The molecular weight excluding hydrogens is 417 g/mol. The Morgan fingerprint density at radius 3 is 2.75 bits per heavy atom. The predicted molar refractivity (Wildman–Crippen MR) is 113 cm³/mol. The van der Waals surface area contributed by atoms with Crippen LogP contribution >= 0.6 is 35.0 Å². The average molecular weight is 432 g/mol. The normalized spacial score (nSPS) is 11.2. The Kier molecular flexibility index (Phi) is 5.39. The van der Waals surface area contributed by atoms with Crippen LogP contribution in [0.3, 0.4) is 0 Å². The number of halogens is 2. The molecule has 0 aliphatic heterocycles. The number of rotatable bonds is 5. The molecule has 0 bridgehead atoms. The Morgan fingerprint density at radius 1 is 1.14 bits per heavy atom. The largest absolute Gasteiger partial charge is 0.309 e. The Bertz CT molecular complexity index is 1220. The van der Waals surface area contributed by atoms with E-state index in [1.165, 1.54) is 11.8 Å². The first-order chi connectivity index (χ1) is 13.6. The molecule has 142 valence electrons. The summed E-state index contributed by atoms with van der Waals surface area (Å²) in [5, 5.41) is 11.0. The first kappa shape index (κ1) is 19.0. The predicted octanol–water partition coefficient (Wildman–Crippen LogP) is 4.80. The van der Waals surface area contributed by atoms with Gasteiger partial charge in [-0.05, 0) is 37.3 Å². The number of benzene rings is 2. The van der Waals surface area contributed by atoms with Gasteiger partial charge in [-0.25, -0.2) is 4.98 Å². The molecule has 2 aromatic carbocycles. The number of nitrogens with one attached hydrogen (secondary N) is 1. The zero-order chi connectivity index (χ0) is 19.7. The van der Waals surface area contributed by atoms with E-state index >= 15 is 0 Å². The lowest BCUT2D eigenvalue weighted by Gasteiger charge is -2.09. The summed E-state index contributed by atoms with van der Waals surface area (Å²) >= 11 is 13.8. The molecule has 2 aromatic heterocycles. The SMILES string of the molecule is CCn1c(SCc2nc3ccccc3c(=O)[nH]2)nnc1-c1ccc(Cl)cc1Cl. The molecule has 0 saturated carbocycles. The summed E-state index contributed by atoms with van der Waals surface area (Å²) in [6.45, 7) is 2.68. The smallest absolute Gasteiger partial charge is 0.258 e. The summed E-state index contributed by atoms with van der Waals surface area (Å²) in [6.07, 6.45) is 0. The molecule has 28 heavy (non-hydrogen) atoms. The third-order valence-electron chi connectivity index (χ3n) is 4.20. The van der Waals surface area contributed by atoms with Crippen LogP contribution in [0.1, 0.15) is 12.7 Å². The molecule has 0 radical (unpaired) electrons. The number of hydrogen-bond donors (Lipinski definition) is 1. The van der Waals surface area contributed by atoms with E-state index in [-0.39, 0.29) is 5.56 Å². The van der Waals surface area contributed by atoms with E-state index in [1.54, 1.807) is 18.2 Å². The minimum absolute atomic E-state index is 0.146. The van der Waals surface area contributed by atoms with Crippen molar-refractivity contribution >= 4 is 45.9 Å². The monoisotopic (exact) mass is 431 g/mol. The van der Waals surface area contributed by atoms with Crippen LogP contribution in [-0.2, 0) is 12.3 Å². The van der Waals surface area contributed by atoms with Crippen molar-refractivity contribution in [3.63, 3.8) is 0 Å². The van der Waals surface area contributed by atoms with Crippen LogP contribution in [0.5, 0.6) is 0 Å². The number of nitrogens with zero attached hydrogens (tertiary/aromatic N) is 4. The summed E-state index contributed by atoms with van der Waals surface area (Å²) in [6, 6.07) is 12.6. The maximum Gasteiger partial charge on any atom is 0.258 e. The van der Waals surface area contributed by atoms with Crippen LogP contribution in [0, 0.1) is 0 Å². The summed E-state index contributed by atoms with van der Waals surface area (Å²) in [7, 11) is 0. The van der Waals surface area contributed by atoms with E-state index in [0.717, 1.165) is 10.7 Å². The van der Waals surface area contributed by atoms with Gasteiger partial charge in [0.25, 0.3) is 5.56 Å². The van der Waals surface area contributed by atoms with Gasteiger partial charge in [0.05, 0.1) is 21.7 Å². The lowest BCUT2D eigenvalue weighted by atomic mass is 10.2. The second-order valence-corrected chi connectivity index (χ2v) is 7.78. The van der Waals surface area contributed by atoms with Crippen molar-refractivity contribution in [2.45, 2.75) is 24.4 Å². The number of para-hydroxylation sites is 1. The van der Waals surface area contributed by atoms with Gasteiger partial charge in [-0.15, -0.1) is 10.2 Å². The molecule has 6 nitrogen and oxygen atoms in total. The summed E-state index contributed by atoms with van der Waals surface area (Å²) < 4.78 is 1.97. The van der Waals surface area contributed by atoms with Crippen molar-refractivity contribution in [3.05, 3.63) is 68.7 Å². The van der Waals surface area contributed by atoms with Crippen LogP contribution in [0.25, 0.3) is 22.3 Å². The van der Waals surface area contributed by atoms with Crippen molar-refractivity contribution in [1.82, 2.24) is 24.7 Å². The second-order valence-electron chi connectivity index (χ2n) is 5.99. The van der Waals surface area contributed by atoms with Gasteiger partial charge in [0.1, 0.15) is 5.82 Å². The number of aromatic amines is 1. The minimum atomic E-state index is -0.146. The van der Waals surface area contributed by atoms with Gasteiger partial charge in [0.15, 0.2) is 11.0 Å². The third-order valence-corrected chi connectivity index (χ3v) is 5.73. The maximum atomic E-state index is 12.2. The van der Waals surface area contributed by atoms with Gasteiger partial charge in [-0.1, -0.05) is 47.1 Å². The number of hydrogen-bond acceptors (Lipinski definition) is 5. The fourth-order valence-electron chi connectivity index (χ4n) is 2.89. The van der Waals surface area contributed by atoms with Gasteiger partial charge < -0.3 is 9.55 Å². The van der Waals surface area contributed by atoms with E-state index in [0.29, 0.717) is 44.9 Å². The molecule has 4 rings (SSSR count). The second kappa shape index (κ2) is 7.95. The molecule has 0 aliphatic rings. The van der Waals surface area contributed by atoms with Crippen molar-refractivity contribution in [2.24, 2.45) is 0 Å². The van der Waals surface area contributed by atoms with Crippen molar-refractivity contribution in [3.8, 4) is 11.4 Å². The van der Waals surface area contributed by atoms with E-state index in [9.17, 15) is 4.79 Å². The standard InChI is InChI=1S/C19H15Cl2N5OS/c1-2-26-17(12-8-7-11(20)9-14(12)21)24-25-19(26)28-10-16-22-15-6-4-3-5-13(15)18(27)23-16/h3-9H,2,10H2,1H3,(H,22,23,27). The van der Waals surface area contributed by atoms with Crippen molar-refractivity contribution in [2.75, 3.05) is 0 Å². The molecule has 0 amide bonds. The molecule has 2 heterocycles.